The van der Waals surface area contributed by atoms with Gasteiger partial charge in [0.05, 0.1) is 12.2 Å². The maximum absolute atomic E-state index is 6.25. The summed E-state index contributed by atoms with van der Waals surface area (Å²) in [6.45, 7) is 14.2. The Kier molecular flexibility index (Phi) is 4.03. The van der Waals surface area contributed by atoms with Crippen molar-refractivity contribution in [2.75, 3.05) is 46.4 Å². The number of likely N-dealkylation sites (tertiary alicyclic amines) is 2. The number of hydrogen-bond donors (Lipinski definition) is 0. The molecule has 1 aliphatic carbocycles. The van der Waals surface area contributed by atoms with Gasteiger partial charge < -0.3 is 4.74 Å². The molecule has 0 bridgehead atoms. The highest BCUT2D eigenvalue weighted by Crippen LogP contribution is 2.52. The molecule has 1 saturated carbocycles. The Morgan fingerprint density at radius 2 is 1.83 bits per heavy atom. The van der Waals surface area contributed by atoms with Crippen LogP contribution in [0.2, 0.25) is 0 Å². The van der Waals surface area contributed by atoms with Crippen molar-refractivity contribution in [2.45, 2.75) is 69.7 Å². The molecular formula is C19H35N3O. The minimum atomic E-state index is 0.210. The predicted molar refractivity (Wildman–Crippen MR) is 93.7 cm³/mol. The van der Waals surface area contributed by atoms with Crippen LogP contribution in [0, 0.1) is 5.92 Å². The Morgan fingerprint density at radius 1 is 1.04 bits per heavy atom. The van der Waals surface area contributed by atoms with Gasteiger partial charge >= 0.3 is 0 Å². The summed E-state index contributed by atoms with van der Waals surface area (Å²) in [5.41, 5.74) is 0.743. The number of nitrogens with zero attached hydrogens (tertiary/aromatic N) is 3. The summed E-state index contributed by atoms with van der Waals surface area (Å²) in [5, 5.41) is 0. The molecule has 0 radical (unpaired) electrons. The smallest absolute Gasteiger partial charge is 0.0842 e. The maximum atomic E-state index is 6.25. The fraction of sp³-hybridized carbons (Fsp3) is 1.00. The lowest BCUT2D eigenvalue weighted by Crippen LogP contribution is -2.59. The van der Waals surface area contributed by atoms with Crippen LogP contribution in [0.5, 0.6) is 0 Å². The van der Waals surface area contributed by atoms with Gasteiger partial charge in [0.25, 0.3) is 0 Å². The largest absolute Gasteiger partial charge is 0.372 e. The minimum absolute atomic E-state index is 0.210. The molecule has 3 saturated heterocycles. The van der Waals surface area contributed by atoms with E-state index in [4.69, 9.17) is 4.74 Å². The van der Waals surface area contributed by atoms with Crippen LogP contribution in [0.4, 0.5) is 0 Å². The first-order valence-electron chi connectivity index (χ1n) is 9.77. The molecule has 0 aromatic carbocycles. The van der Waals surface area contributed by atoms with Gasteiger partial charge in [0.2, 0.25) is 0 Å². The van der Waals surface area contributed by atoms with E-state index in [0.29, 0.717) is 17.6 Å². The SMILES string of the molecule is CC(C)N1CCOC2(CC2CC(C)N2CCC3(CCN3C)C2)C1. The summed E-state index contributed by atoms with van der Waals surface area (Å²) >= 11 is 0. The van der Waals surface area contributed by atoms with Crippen molar-refractivity contribution in [1.29, 1.82) is 0 Å². The predicted octanol–water partition coefficient (Wildman–Crippen LogP) is 2.04. The molecule has 3 aliphatic heterocycles. The molecule has 4 rings (SSSR count). The fourth-order valence-electron chi connectivity index (χ4n) is 5.29. The molecule has 2 spiro atoms. The molecule has 0 amide bonds. The van der Waals surface area contributed by atoms with Gasteiger partial charge in [0.15, 0.2) is 0 Å². The van der Waals surface area contributed by atoms with Gasteiger partial charge in [-0.3, -0.25) is 14.7 Å². The molecule has 4 atom stereocenters. The fourth-order valence-corrected chi connectivity index (χ4v) is 5.29. The Balaban J connectivity index is 1.30. The van der Waals surface area contributed by atoms with Gasteiger partial charge in [-0.2, -0.15) is 0 Å². The van der Waals surface area contributed by atoms with Gasteiger partial charge in [-0.1, -0.05) is 0 Å². The van der Waals surface area contributed by atoms with Gasteiger partial charge in [-0.05, 0) is 59.4 Å². The second-order valence-corrected chi connectivity index (χ2v) is 9.08. The number of hydrogen-bond acceptors (Lipinski definition) is 4. The van der Waals surface area contributed by atoms with E-state index in [-0.39, 0.29) is 5.60 Å². The molecule has 4 aliphatic rings. The first-order valence-corrected chi connectivity index (χ1v) is 9.77. The van der Waals surface area contributed by atoms with Gasteiger partial charge in [-0.25, -0.2) is 0 Å². The third kappa shape index (κ3) is 2.76. The van der Waals surface area contributed by atoms with E-state index in [9.17, 15) is 0 Å². The van der Waals surface area contributed by atoms with Gasteiger partial charge in [0.1, 0.15) is 0 Å². The molecule has 0 N–H and O–H groups in total. The van der Waals surface area contributed by atoms with Crippen LogP contribution >= 0.6 is 0 Å². The summed E-state index contributed by atoms with van der Waals surface area (Å²) in [6.07, 6.45) is 5.40. The molecule has 132 valence electrons. The maximum Gasteiger partial charge on any atom is 0.0842 e. The lowest BCUT2D eigenvalue weighted by molar-refractivity contribution is -0.0664. The minimum Gasteiger partial charge on any atom is -0.372 e. The lowest BCUT2D eigenvalue weighted by Gasteiger charge is -2.49. The molecule has 0 aromatic rings. The third-order valence-corrected chi connectivity index (χ3v) is 7.48. The highest BCUT2D eigenvalue weighted by Gasteiger charge is 2.58. The van der Waals surface area contributed by atoms with Crippen LogP contribution in [-0.4, -0.2) is 84.3 Å². The Hall–Kier alpha value is -0.160. The van der Waals surface area contributed by atoms with E-state index in [2.05, 4.69) is 42.5 Å². The number of ether oxygens (including phenoxy) is 1. The molecule has 23 heavy (non-hydrogen) atoms. The summed E-state index contributed by atoms with van der Waals surface area (Å²) in [6, 6.07) is 1.37. The summed E-state index contributed by atoms with van der Waals surface area (Å²) in [7, 11) is 2.31. The first-order chi connectivity index (χ1) is 10.9. The average molecular weight is 322 g/mol. The van der Waals surface area contributed by atoms with Crippen molar-refractivity contribution in [1.82, 2.24) is 14.7 Å². The van der Waals surface area contributed by atoms with E-state index < -0.39 is 0 Å². The van der Waals surface area contributed by atoms with Crippen molar-refractivity contribution in [2.24, 2.45) is 5.92 Å². The Bertz CT molecular complexity index is 456. The molecule has 3 heterocycles. The van der Waals surface area contributed by atoms with Gasteiger partial charge in [0, 0.05) is 50.3 Å². The lowest BCUT2D eigenvalue weighted by atomic mass is 9.84. The highest BCUT2D eigenvalue weighted by atomic mass is 16.5. The Morgan fingerprint density at radius 3 is 2.43 bits per heavy atom. The molecule has 4 heteroatoms. The standard InChI is InChI=1S/C19H35N3O/c1-15(2)21-9-10-23-19(14-21)12-17(19)11-16(3)22-8-6-18(13-22)5-7-20(18)4/h15-17H,5-14H2,1-4H3. The molecule has 4 nitrogen and oxygen atoms in total. The van der Waals surface area contributed by atoms with Crippen molar-refractivity contribution < 1.29 is 4.74 Å². The topological polar surface area (TPSA) is 19.0 Å². The van der Waals surface area contributed by atoms with E-state index >= 15 is 0 Å². The van der Waals surface area contributed by atoms with Crippen molar-refractivity contribution >= 4 is 0 Å². The number of rotatable bonds is 4. The van der Waals surface area contributed by atoms with E-state index in [1.165, 1.54) is 45.3 Å². The Labute approximate surface area is 142 Å². The third-order valence-electron chi connectivity index (χ3n) is 7.48. The second kappa shape index (κ2) is 5.69. The van der Waals surface area contributed by atoms with Crippen LogP contribution in [-0.2, 0) is 4.74 Å². The number of morpholine rings is 1. The molecule has 4 unspecified atom stereocenters. The van der Waals surface area contributed by atoms with E-state index in [1.807, 2.05) is 0 Å². The van der Waals surface area contributed by atoms with Crippen molar-refractivity contribution in [3.05, 3.63) is 0 Å². The summed E-state index contributed by atoms with van der Waals surface area (Å²) < 4.78 is 6.25. The molecule has 0 aromatic heterocycles. The summed E-state index contributed by atoms with van der Waals surface area (Å²) in [4.78, 5) is 7.95. The van der Waals surface area contributed by atoms with Crippen LogP contribution in [0.3, 0.4) is 0 Å². The number of likely N-dealkylation sites (N-methyl/N-ethyl adjacent to an activating group) is 1. The average Bonchev–Trinajstić information content (AvgIpc) is 3.00. The highest BCUT2D eigenvalue weighted by molar-refractivity contribution is 5.11. The summed E-state index contributed by atoms with van der Waals surface area (Å²) in [5.74, 6) is 0.787. The van der Waals surface area contributed by atoms with E-state index in [1.54, 1.807) is 0 Å². The zero-order chi connectivity index (χ0) is 16.2. The van der Waals surface area contributed by atoms with Crippen LogP contribution in [0.1, 0.15) is 46.5 Å². The molecular weight excluding hydrogens is 286 g/mol. The quantitative estimate of drug-likeness (QED) is 0.789. The first kappa shape index (κ1) is 16.3. The van der Waals surface area contributed by atoms with Crippen LogP contribution < -0.4 is 0 Å². The van der Waals surface area contributed by atoms with E-state index in [0.717, 1.165) is 25.6 Å². The zero-order valence-corrected chi connectivity index (χ0v) is 15.6. The van der Waals surface area contributed by atoms with Crippen LogP contribution in [0.25, 0.3) is 0 Å². The zero-order valence-electron chi connectivity index (χ0n) is 15.6. The monoisotopic (exact) mass is 321 g/mol. The van der Waals surface area contributed by atoms with Gasteiger partial charge in [-0.15, -0.1) is 0 Å². The normalized spacial score (nSPS) is 43.4. The van der Waals surface area contributed by atoms with Crippen molar-refractivity contribution in [3.63, 3.8) is 0 Å². The van der Waals surface area contributed by atoms with Crippen molar-refractivity contribution in [3.8, 4) is 0 Å². The molecule has 4 fully saturated rings. The van der Waals surface area contributed by atoms with Crippen LogP contribution in [0.15, 0.2) is 0 Å². The second-order valence-electron chi connectivity index (χ2n) is 9.08.